The number of piperidine rings is 1. The van der Waals surface area contributed by atoms with E-state index in [1.54, 1.807) is 6.26 Å². The highest BCUT2D eigenvalue weighted by Gasteiger charge is 2.26. The van der Waals surface area contributed by atoms with Gasteiger partial charge in [-0.05, 0) is 69.6 Å². The predicted octanol–water partition coefficient (Wildman–Crippen LogP) is 4.60. The van der Waals surface area contributed by atoms with Crippen LogP contribution >= 0.6 is 0 Å². The monoisotopic (exact) mass is 403 g/mol. The van der Waals surface area contributed by atoms with E-state index in [0.29, 0.717) is 18.0 Å². The van der Waals surface area contributed by atoms with Gasteiger partial charge >= 0.3 is 0 Å². The highest BCUT2D eigenvalue weighted by molar-refractivity contribution is 5.95. The maximum absolute atomic E-state index is 13.0. The summed E-state index contributed by atoms with van der Waals surface area (Å²) in [4.78, 5) is 20.2. The number of furan rings is 1. The van der Waals surface area contributed by atoms with Gasteiger partial charge in [0.15, 0.2) is 0 Å². The topological polar surface area (TPSA) is 58.4 Å². The molecule has 0 unspecified atom stereocenters. The number of pyridine rings is 1. The Morgan fingerprint density at radius 2 is 1.97 bits per heavy atom. The fraction of sp³-hybridized carbons (Fsp3) is 0.360. The molecule has 3 heterocycles. The molecule has 0 atom stereocenters. The summed E-state index contributed by atoms with van der Waals surface area (Å²) < 4.78 is 5.48. The molecule has 1 amide bonds. The summed E-state index contributed by atoms with van der Waals surface area (Å²) in [5.41, 5.74) is 4.90. The second-order valence-electron chi connectivity index (χ2n) is 8.19. The summed E-state index contributed by atoms with van der Waals surface area (Å²) in [6, 6.07) is 16.0. The van der Waals surface area contributed by atoms with E-state index in [2.05, 4.69) is 29.3 Å². The van der Waals surface area contributed by atoms with Crippen LogP contribution < -0.4 is 5.32 Å². The van der Waals surface area contributed by atoms with Crippen molar-refractivity contribution in [3.63, 3.8) is 0 Å². The van der Waals surface area contributed by atoms with Crippen LogP contribution in [0.1, 0.15) is 57.4 Å². The second-order valence-corrected chi connectivity index (χ2v) is 8.19. The van der Waals surface area contributed by atoms with Crippen molar-refractivity contribution in [1.82, 2.24) is 15.2 Å². The molecule has 1 saturated heterocycles. The van der Waals surface area contributed by atoms with Crippen LogP contribution in [-0.4, -0.2) is 28.9 Å². The molecule has 0 spiro atoms. The summed E-state index contributed by atoms with van der Waals surface area (Å²) in [5, 5.41) is 3.08. The van der Waals surface area contributed by atoms with Crippen molar-refractivity contribution in [1.29, 1.82) is 0 Å². The first-order chi connectivity index (χ1) is 14.6. The summed E-state index contributed by atoms with van der Waals surface area (Å²) in [7, 11) is 0. The van der Waals surface area contributed by atoms with Crippen molar-refractivity contribution in [3.05, 3.63) is 88.6 Å². The van der Waals surface area contributed by atoms with Crippen LogP contribution in [0.15, 0.2) is 59.2 Å². The molecule has 1 aliphatic heterocycles. The number of amides is 1. The molecule has 1 fully saturated rings. The molecule has 1 aromatic carbocycles. The molecule has 0 aliphatic carbocycles. The van der Waals surface area contributed by atoms with Gasteiger partial charge in [-0.15, -0.1) is 0 Å². The number of carbonyl (C=O) groups excluding carboxylic acids is 1. The van der Waals surface area contributed by atoms with Crippen molar-refractivity contribution < 1.29 is 9.21 Å². The zero-order chi connectivity index (χ0) is 20.9. The number of nitrogens with one attached hydrogen (secondary N) is 1. The Bertz CT molecular complexity index is 989. The van der Waals surface area contributed by atoms with Crippen molar-refractivity contribution in [2.45, 2.75) is 45.7 Å². The molecule has 0 saturated carbocycles. The molecule has 30 heavy (non-hydrogen) atoms. The average molecular weight is 404 g/mol. The Morgan fingerprint density at radius 3 is 2.70 bits per heavy atom. The zero-order valence-corrected chi connectivity index (χ0v) is 17.7. The highest BCUT2D eigenvalue weighted by Crippen LogP contribution is 2.30. The van der Waals surface area contributed by atoms with Crippen molar-refractivity contribution in [2.24, 2.45) is 0 Å². The lowest BCUT2D eigenvalue weighted by atomic mass is 9.89. The number of hydrogen-bond donors (Lipinski definition) is 1. The van der Waals surface area contributed by atoms with Crippen molar-refractivity contribution in [3.8, 4) is 0 Å². The molecule has 5 nitrogen and oxygen atoms in total. The van der Waals surface area contributed by atoms with E-state index >= 15 is 0 Å². The number of aryl methyl sites for hydroxylation is 2. The second kappa shape index (κ2) is 9.26. The van der Waals surface area contributed by atoms with Crippen LogP contribution in [0.4, 0.5) is 0 Å². The number of benzene rings is 1. The van der Waals surface area contributed by atoms with Gasteiger partial charge in [-0.2, -0.15) is 0 Å². The van der Waals surface area contributed by atoms with Crippen LogP contribution in [0.2, 0.25) is 0 Å². The quantitative estimate of drug-likeness (QED) is 0.653. The fourth-order valence-electron chi connectivity index (χ4n) is 4.17. The Morgan fingerprint density at radius 1 is 1.13 bits per heavy atom. The number of aromatic nitrogens is 1. The Labute approximate surface area is 178 Å². The molecule has 3 aromatic rings. The molecule has 1 N–H and O–H groups in total. The molecule has 0 bridgehead atoms. The predicted molar refractivity (Wildman–Crippen MR) is 117 cm³/mol. The molecule has 156 valence electrons. The first-order valence-electron chi connectivity index (χ1n) is 10.6. The minimum Gasteiger partial charge on any atom is -0.468 e. The zero-order valence-electron chi connectivity index (χ0n) is 17.7. The molecular weight excluding hydrogens is 374 g/mol. The Kier molecular flexibility index (Phi) is 6.29. The van der Waals surface area contributed by atoms with Gasteiger partial charge in [0.1, 0.15) is 5.76 Å². The average Bonchev–Trinajstić information content (AvgIpc) is 3.26. The highest BCUT2D eigenvalue weighted by atomic mass is 16.3. The maximum atomic E-state index is 13.0. The van der Waals surface area contributed by atoms with Crippen LogP contribution in [0.25, 0.3) is 0 Å². The van der Waals surface area contributed by atoms with Gasteiger partial charge in [0.2, 0.25) is 0 Å². The van der Waals surface area contributed by atoms with E-state index in [9.17, 15) is 4.79 Å². The minimum atomic E-state index is -0.0444. The lowest BCUT2D eigenvalue weighted by molar-refractivity contribution is 0.0948. The largest absolute Gasteiger partial charge is 0.468 e. The van der Waals surface area contributed by atoms with Crippen LogP contribution in [0, 0.1) is 13.8 Å². The lowest BCUT2D eigenvalue weighted by Gasteiger charge is -2.31. The first-order valence-corrected chi connectivity index (χ1v) is 10.6. The molecule has 1 aliphatic rings. The van der Waals surface area contributed by atoms with Crippen molar-refractivity contribution in [2.75, 3.05) is 13.1 Å². The summed E-state index contributed by atoms with van der Waals surface area (Å²) in [5.74, 6) is 1.26. The van der Waals surface area contributed by atoms with Gasteiger partial charge in [0.05, 0.1) is 24.1 Å². The number of hydrogen-bond acceptors (Lipinski definition) is 4. The fourth-order valence-corrected chi connectivity index (χ4v) is 4.17. The maximum Gasteiger partial charge on any atom is 0.253 e. The summed E-state index contributed by atoms with van der Waals surface area (Å²) in [6.45, 7) is 7.37. The van der Waals surface area contributed by atoms with Crippen LogP contribution in [-0.2, 0) is 13.1 Å². The SMILES string of the molecule is Cc1cccc(CNC(=O)c2ccc(C)nc2C2CCN(Cc3ccco3)CC2)c1. The molecule has 2 aromatic heterocycles. The number of rotatable bonds is 6. The van der Waals surface area contributed by atoms with E-state index in [1.807, 2.05) is 43.3 Å². The minimum absolute atomic E-state index is 0.0444. The number of carbonyl (C=O) groups is 1. The third-order valence-electron chi connectivity index (χ3n) is 5.78. The Hall–Kier alpha value is -2.92. The van der Waals surface area contributed by atoms with Gasteiger partial charge in [-0.25, -0.2) is 0 Å². The smallest absolute Gasteiger partial charge is 0.253 e. The van der Waals surface area contributed by atoms with E-state index in [-0.39, 0.29) is 5.91 Å². The third-order valence-corrected chi connectivity index (χ3v) is 5.78. The third kappa shape index (κ3) is 4.97. The van der Waals surface area contributed by atoms with Gasteiger partial charge in [0, 0.05) is 18.2 Å². The lowest BCUT2D eigenvalue weighted by Crippen LogP contribution is -2.33. The van der Waals surface area contributed by atoms with E-state index < -0.39 is 0 Å². The summed E-state index contributed by atoms with van der Waals surface area (Å²) >= 11 is 0. The Balaban J connectivity index is 1.42. The van der Waals surface area contributed by atoms with Crippen molar-refractivity contribution >= 4 is 5.91 Å². The number of nitrogens with zero attached hydrogens (tertiary/aromatic N) is 2. The van der Waals surface area contributed by atoms with E-state index in [1.165, 1.54) is 5.56 Å². The first kappa shape index (κ1) is 20.4. The number of likely N-dealkylation sites (tertiary alicyclic amines) is 1. The molecule has 4 rings (SSSR count). The normalized spacial score (nSPS) is 15.3. The van der Waals surface area contributed by atoms with Crippen LogP contribution in [0.3, 0.4) is 0 Å². The van der Waals surface area contributed by atoms with Gasteiger partial charge in [0.25, 0.3) is 5.91 Å². The van der Waals surface area contributed by atoms with Gasteiger partial charge < -0.3 is 9.73 Å². The van der Waals surface area contributed by atoms with Crippen LogP contribution in [0.5, 0.6) is 0 Å². The van der Waals surface area contributed by atoms with Gasteiger partial charge in [-0.1, -0.05) is 29.8 Å². The van der Waals surface area contributed by atoms with E-state index in [0.717, 1.165) is 55.2 Å². The molecule has 5 heteroatoms. The molecular formula is C25H29N3O2. The standard InChI is InChI=1S/C25H29N3O2/c1-18-5-3-6-20(15-18)16-26-25(29)23-9-8-19(2)27-24(23)21-10-12-28(13-11-21)17-22-7-4-14-30-22/h3-9,14-15,21H,10-13,16-17H2,1-2H3,(H,26,29). The summed E-state index contributed by atoms with van der Waals surface area (Å²) in [6.07, 6.45) is 3.71. The molecule has 0 radical (unpaired) electrons. The van der Waals surface area contributed by atoms with E-state index in [4.69, 9.17) is 9.40 Å². The van der Waals surface area contributed by atoms with Gasteiger partial charge in [-0.3, -0.25) is 14.7 Å².